The summed E-state index contributed by atoms with van der Waals surface area (Å²) >= 11 is 0. The molecule has 2 aliphatic rings. The van der Waals surface area contributed by atoms with Gasteiger partial charge in [-0.15, -0.1) is 0 Å². The van der Waals surface area contributed by atoms with E-state index in [4.69, 9.17) is 25.2 Å². The van der Waals surface area contributed by atoms with Gasteiger partial charge in [-0.25, -0.2) is 18.5 Å². The molecule has 0 bridgehead atoms. The van der Waals surface area contributed by atoms with Gasteiger partial charge in [0, 0.05) is 19.5 Å². The van der Waals surface area contributed by atoms with Gasteiger partial charge in [-0.1, -0.05) is 12.2 Å². The fourth-order valence-corrected chi connectivity index (χ4v) is 5.85. The maximum absolute atomic E-state index is 12.1. The number of carbonyl (C=O) groups is 2. The number of hydrogen-bond donors (Lipinski definition) is 8. The number of hydrogen-bond acceptors (Lipinski definition) is 12. The number of ether oxygens (including phenoxy) is 1. The lowest BCUT2D eigenvalue weighted by molar-refractivity contribution is -0.127. The molecular formula is C12H25N4O14P3. The molecule has 3 amide bonds. The van der Waals surface area contributed by atoms with Crippen molar-refractivity contribution in [2.75, 3.05) is 19.7 Å². The van der Waals surface area contributed by atoms with Crippen molar-refractivity contribution < 1.29 is 65.8 Å². The predicted molar refractivity (Wildman–Crippen MR) is 106 cm³/mol. The number of phosphoric acid groups is 3. The first-order chi connectivity index (χ1) is 14.6. The van der Waals surface area contributed by atoms with Gasteiger partial charge in [0.05, 0.1) is 18.6 Å². The Balaban J connectivity index is 0.00000544. The molecule has 6 atom stereocenters. The average molecular weight is 542 g/mol. The fourth-order valence-electron chi connectivity index (χ4n) is 2.82. The molecule has 192 valence electrons. The van der Waals surface area contributed by atoms with Crippen molar-refractivity contribution in [3.63, 3.8) is 0 Å². The lowest BCUT2D eigenvalue weighted by atomic mass is 10.0. The Morgan fingerprint density at radius 2 is 1.79 bits per heavy atom. The third kappa shape index (κ3) is 9.24. The second-order valence-corrected chi connectivity index (χ2v) is 11.0. The predicted octanol–water partition coefficient (Wildman–Crippen LogP) is -1.35. The van der Waals surface area contributed by atoms with Crippen molar-refractivity contribution in [1.29, 1.82) is 0 Å². The van der Waals surface area contributed by atoms with E-state index in [0.717, 1.165) is 4.90 Å². The summed E-state index contributed by atoms with van der Waals surface area (Å²) in [7, 11) is -16.6. The Bertz CT molecular complexity index is 895. The number of nitrogens with zero attached hydrogens (tertiary/aromatic N) is 1. The van der Waals surface area contributed by atoms with Crippen LogP contribution in [-0.4, -0.2) is 79.7 Å². The Kier molecular flexibility index (Phi) is 10.5. The van der Waals surface area contributed by atoms with E-state index in [1.807, 2.05) is 0 Å². The van der Waals surface area contributed by atoms with Crippen LogP contribution < -0.4 is 17.2 Å². The zero-order valence-corrected chi connectivity index (χ0v) is 19.5. The van der Waals surface area contributed by atoms with Crippen molar-refractivity contribution in [3.05, 3.63) is 12.2 Å². The number of aliphatic hydroxyl groups is 1. The standard InChI is InChI=1S/C12H22N3O14P3.H3N/c13-3-1-2-7-5-15(12(18)14-11(7)17)10-4-8(16)9(27-10)6-26-31(22,23)29-32(24,25)28-30(19,20)21;/h1-2,7-10,16H,3-6,13H2,(H,22,23)(H,24,25)(H,14,17,18)(H2,19,20,21);1H3/b2-1+;/t7?,8-,9+,10+;/m0./s1. The van der Waals surface area contributed by atoms with E-state index in [-0.39, 0.29) is 25.7 Å². The molecule has 21 heteroatoms. The molecule has 2 fully saturated rings. The summed E-state index contributed by atoms with van der Waals surface area (Å²) in [6.45, 7) is -0.813. The van der Waals surface area contributed by atoms with Gasteiger partial charge in [-0.3, -0.25) is 19.5 Å². The van der Waals surface area contributed by atoms with E-state index >= 15 is 0 Å². The molecule has 11 N–H and O–H groups in total. The monoisotopic (exact) mass is 542 g/mol. The summed E-state index contributed by atoms with van der Waals surface area (Å²) in [6, 6.07) is -0.793. The molecule has 2 rings (SSSR count). The number of imide groups is 1. The van der Waals surface area contributed by atoms with E-state index in [1.165, 1.54) is 12.2 Å². The van der Waals surface area contributed by atoms with Gasteiger partial charge >= 0.3 is 29.5 Å². The van der Waals surface area contributed by atoms with Crippen LogP contribution >= 0.6 is 23.5 Å². The van der Waals surface area contributed by atoms with Crippen molar-refractivity contribution >= 4 is 35.4 Å². The minimum absolute atomic E-state index is 0. The van der Waals surface area contributed by atoms with Gasteiger partial charge in [0.1, 0.15) is 12.3 Å². The molecule has 33 heavy (non-hydrogen) atoms. The van der Waals surface area contributed by atoms with E-state index in [9.17, 15) is 33.3 Å². The molecule has 18 nitrogen and oxygen atoms in total. The minimum atomic E-state index is -5.69. The number of amides is 3. The molecular weight excluding hydrogens is 517 g/mol. The Morgan fingerprint density at radius 3 is 2.36 bits per heavy atom. The molecule has 0 radical (unpaired) electrons. The molecule has 0 aromatic heterocycles. The molecule has 2 aliphatic heterocycles. The van der Waals surface area contributed by atoms with Crippen LogP contribution in [0.25, 0.3) is 0 Å². The van der Waals surface area contributed by atoms with Crippen LogP contribution in [0.1, 0.15) is 6.42 Å². The quantitative estimate of drug-likeness (QED) is 0.117. The van der Waals surface area contributed by atoms with Crippen LogP contribution in [0.4, 0.5) is 4.79 Å². The first-order valence-corrected chi connectivity index (χ1v) is 13.2. The summed E-state index contributed by atoms with van der Waals surface area (Å²) in [5, 5.41) is 12.2. The van der Waals surface area contributed by atoms with Crippen molar-refractivity contribution in [3.8, 4) is 0 Å². The highest BCUT2D eigenvalue weighted by Gasteiger charge is 2.45. The van der Waals surface area contributed by atoms with Gasteiger partial charge < -0.3 is 41.3 Å². The second kappa shape index (κ2) is 11.6. The highest BCUT2D eigenvalue weighted by atomic mass is 31.3. The Morgan fingerprint density at radius 1 is 1.15 bits per heavy atom. The molecule has 0 spiro atoms. The normalized spacial score (nSPS) is 29.9. The summed E-state index contributed by atoms with van der Waals surface area (Å²) in [5.41, 5.74) is 5.34. The van der Waals surface area contributed by atoms with Crippen molar-refractivity contribution in [1.82, 2.24) is 16.4 Å². The number of nitrogens with one attached hydrogen (secondary N) is 1. The number of phosphoric ester groups is 1. The number of aliphatic hydroxyl groups excluding tert-OH is 1. The average Bonchev–Trinajstić information content (AvgIpc) is 2.97. The fraction of sp³-hybridized carbons (Fsp3) is 0.667. The van der Waals surface area contributed by atoms with E-state index in [2.05, 4.69) is 18.5 Å². The summed E-state index contributed by atoms with van der Waals surface area (Å²) < 4.78 is 50.7. The highest BCUT2D eigenvalue weighted by Crippen LogP contribution is 2.66. The summed E-state index contributed by atoms with van der Waals surface area (Å²) in [6.07, 6.45) is -0.842. The van der Waals surface area contributed by atoms with Gasteiger partial charge in [-0.05, 0) is 0 Å². The van der Waals surface area contributed by atoms with Crippen molar-refractivity contribution in [2.24, 2.45) is 11.7 Å². The zero-order valence-electron chi connectivity index (χ0n) is 16.8. The summed E-state index contributed by atoms with van der Waals surface area (Å²) in [5.74, 6) is -1.29. The molecule has 2 saturated heterocycles. The van der Waals surface area contributed by atoms with Crippen LogP contribution in [0.2, 0.25) is 0 Å². The number of carbonyl (C=O) groups excluding carboxylic acids is 2. The third-order valence-corrected chi connectivity index (χ3v) is 7.90. The largest absolute Gasteiger partial charge is 0.490 e. The smallest absolute Gasteiger partial charge is 0.390 e. The number of rotatable bonds is 10. The van der Waals surface area contributed by atoms with Crippen molar-refractivity contribution in [2.45, 2.75) is 24.9 Å². The van der Waals surface area contributed by atoms with Crippen LogP contribution in [0, 0.1) is 5.92 Å². The molecule has 0 aromatic carbocycles. The lowest BCUT2D eigenvalue weighted by Crippen LogP contribution is -2.57. The molecule has 0 aromatic rings. The van der Waals surface area contributed by atoms with Gasteiger partial charge in [-0.2, -0.15) is 8.62 Å². The highest BCUT2D eigenvalue weighted by molar-refractivity contribution is 7.66. The molecule has 0 saturated carbocycles. The first-order valence-electron chi connectivity index (χ1n) is 8.72. The SMILES string of the molecule is N.NC/C=C/C1CN([C@H]2C[C@H](O)[C@@H](COP(=O)(O)OP(=O)(O)OP(=O)(O)O)O2)C(=O)NC1=O. The third-order valence-electron chi connectivity index (χ3n) is 4.10. The number of urea groups is 1. The van der Waals surface area contributed by atoms with Crippen LogP contribution in [0.5, 0.6) is 0 Å². The summed E-state index contributed by atoms with van der Waals surface area (Å²) in [4.78, 5) is 60.7. The van der Waals surface area contributed by atoms with E-state index in [1.54, 1.807) is 0 Å². The lowest BCUT2D eigenvalue weighted by Gasteiger charge is -2.34. The van der Waals surface area contributed by atoms with Crippen LogP contribution in [0.3, 0.4) is 0 Å². The van der Waals surface area contributed by atoms with Gasteiger partial charge in [0.15, 0.2) is 0 Å². The van der Waals surface area contributed by atoms with Gasteiger partial charge in [0.25, 0.3) is 0 Å². The van der Waals surface area contributed by atoms with Crippen LogP contribution in [0.15, 0.2) is 12.2 Å². The maximum Gasteiger partial charge on any atom is 0.490 e. The second-order valence-electron chi connectivity index (χ2n) is 6.54. The van der Waals surface area contributed by atoms with Crippen LogP contribution in [-0.2, 0) is 36.4 Å². The Labute approximate surface area is 186 Å². The Hall–Kier alpha value is -1.07. The van der Waals surface area contributed by atoms with Gasteiger partial charge in [0.2, 0.25) is 5.91 Å². The van der Waals surface area contributed by atoms with E-state index in [0.29, 0.717) is 0 Å². The first kappa shape index (κ1) is 30.0. The maximum atomic E-state index is 12.1. The zero-order chi connectivity index (χ0) is 24.3. The molecule has 3 unspecified atom stereocenters. The minimum Gasteiger partial charge on any atom is -0.390 e. The number of nitrogens with two attached hydrogens (primary N) is 1. The topological polar surface area (TPSA) is 300 Å². The molecule has 0 aliphatic carbocycles. The molecule has 2 heterocycles. The van der Waals surface area contributed by atoms with E-state index < -0.39 is 66.4 Å².